The van der Waals surface area contributed by atoms with Gasteiger partial charge in [-0.2, -0.15) is 7.05 Å². The highest BCUT2D eigenvalue weighted by atomic mass is 16.1. The van der Waals surface area contributed by atoms with Gasteiger partial charge < -0.3 is 10.2 Å². The molecule has 0 aromatic carbocycles. The van der Waals surface area contributed by atoms with Crippen molar-refractivity contribution in [3.63, 3.8) is 0 Å². The standard InChI is InChI=1S/C8H16N2O/c1-3-8(11)9-7-4-5-10(2)6-7/h7,10H,2-6H2,1H3,(H,9,11)/t7-/m1/s1. The number of nitrogens with one attached hydrogen (secondary N) is 2. The summed E-state index contributed by atoms with van der Waals surface area (Å²) in [4.78, 5) is 12.2. The molecule has 3 heteroatoms. The monoisotopic (exact) mass is 156 g/mol. The van der Waals surface area contributed by atoms with Crippen molar-refractivity contribution in [2.24, 2.45) is 0 Å². The van der Waals surface area contributed by atoms with Crippen molar-refractivity contribution < 1.29 is 9.69 Å². The molecular formula is C8H16N2O. The van der Waals surface area contributed by atoms with Crippen LogP contribution < -0.4 is 10.2 Å². The summed E-state index contributed by atoms with van der Waals surface area (Å²) in [6, 6.07) is 0.370. The van der Waals surface area contributed by atoms with Gasteiger partial charge >= 0.3 is 0 Å². The Labute approximate surface area is 67.8 Å². The zero-order chi connectivity index (χ0) is 8.27. The summed E-state index contributed by atoms with van der Waals surface area (Å²) in [7, 11) is 3.89. The molecular weight excluding hydrogens is 140 g/mol. The Balaban J connectivity index is 2.23. The topological polar surface area (TPSA) is 33.5 Å². The van der Waals surface area contributed by atoms with Crippen LogP contribution in [0, 0.1) is 7.05 Å². The van der Waals surface area contributed by atoms with E-state index >= 15 is 0 Å². The fraction of sp³-hybridized carbons (Fsp3) is 0.750. The highest BCUT2D eigenvalue weighted by Gasteiger charge is 2.20. The number of hydrogen-bond acceptors (Lipinski definition) is 1. The van der Waals surface area contributed by atoms with Gasteiger partial charge in [-0.05, 0) is 0 Å². The van der Waals surface area contributed by atoms with E-state index in [1.807, 2.05) is 6.92 Å². The van der Waals surface area contributed by atoms with Crippen LogP contribution in [0.5, 0.6) is 0 Å². The van der Waals surface area contributed by atoms with Crippen LogP contribution in [0.2, 0.25) is 0 Å². The van der Waals surface area contributed by atoms with E-state index < -0.39 is 0 Å². The lowest BCUT2D eigenvalue weighted by molar-refractivity contribution is -0.840. The number of hydrogen-bond donors (Lipinski definition) is 2. The van der Waals surface area contributed by atoms with Crippen molar-refractivity contribution in [2.45, 2.75) is 25.8 Å². The highest BCUT2D eigenvalue weighted by Crippen LogP contribution is 1.92. The average molecular weight is 156 g/mol. The molecule has 0 aromatic rings. The fourth-order valence-electron chi connectivity index (χ4n) is 1.38. The molecule has 3 nitrogen and oxygen atoms in total. The molecule has 1 amide bonds. The molecule has 0 saturated carbocycles. The van der Waals surface area contributed by atoms with Crippen molar-refractivity contribution in [3.05, 3.63) is 7.05 Å². The predicted octanol–water partition coefficient (Wildman–Crippen LogP) is -1.04. The molecule has 0 aromatic heterocycles. The third kappa shape index (κ3) is 2.50. The number of quaternary nitrogens is 1. The maximum absolute atomic E-state index is 10.9. The van der Waals surface area contributed by atoms with Gasteiger partial charge in [0.1, 0.15) is 0 Å². The molecule has 1 saturated heterocycles. The first-order valence-electron chi connectivity index (χ1n) is 4.18. The van der Waals surface area contributed by atoms with E-state index in [0.717, 1.165) is 19.5 Å². The molecule has 1 aliphatic heterocycles. The second-order valence-corrected chi connectivity index (χ2v) is 3.11. The van der Waals surface area contributed by atoms with E-state index in [9.17, 15) is 4.79 Å². The number of carbonyl (C=O) groups excluding carboxylic acids is 1. The van der Waals surface area contributed by atoms with Crippen molar-refractivity contribution in [1.29, 1.82) is 0 Å². The lowest BCUT2D eigenvalue weighted by atomic mass is 10.2. The second-order valence-electron chi connectivity index (χ2n) is 3.11. The van der Waals surface area contributed by atoms with Gasteiger partial charge in [0.2, 0.25) is 5.91 Å². The van der Waals surface area contributed by atoms with Gasteiger partial charge in [-0.25, -0.2) is 0 Å². The minimum absolute atomic E-state index is 0.157. The predicted molar refractivity (Wildman–Crippen MR) is 42.9 cm³/mol. The van der Waals surface area contributed by atoms with Crippen LogP contribution in [-0.4, -0.2) is 25.0 Å². The fourth-order valence-corrected chi connectivity index (χ4v) is 1.38. The average Bonchev–Trinajstić information content (AvgIpc) is 2.35. The zero-order valence-corrected chi connectivity index (χ0v) is 7.02. The van der Waals surface area contributed by atoms with Gasteiger partial charge in [0, 0.05) is 12.8 Å². The molecule has 11 heavy (non-hydrogen) atoms. The van der Waals surface area contributed by atoms with Gasteiger partial charge in [0.15, 0.2) is 0 Å². The summed E-state index contributed by atoms with van der Waals surface area (Å²) in [5.41, 5.74) is 0. The Morgan fingerprint density at radius 3 is 3.00 bits per heavy atom. The molecule has 2 atom stereocenters. The van der Waals surface area contributed by atoms with Gasteiger partial charge in [0.25, 0.3) is 0 Å². The van der Waals surface area contributed by atoms with E-state index in [4.69, 9.17) is 0 Å². The van der Waals surface area contributed by atoms with Crippen LogP contribution in [0.1, 0.15) is 19.8 Å². The maximum atomic E-state index is 10.9. The second kappa shape index (κ2) is 3.72. The van der Waals surface area contributed by atoms with Crippen molar-refractivity contribution in [2.75, 3.05) is 13.1 Å². The van der Waals surface area contributed by atoms with Gasteiger partial charge in [-0.15, -0.1) is 0 Å². The van der Waals surface area contributed by atoms with E-state index in [1.54, 1.807) is 0 Å². The number of likely N-dealkylation sites (tertiary alicyclic amines) is 1. The van der Waals surface area contributed by atoms with Crippen LogP contribution in [0.15, 0.2) is 0 Å². The smallest absolute Gasteiger partial charge is 0.220 e. The number of carbonyl (C=O) groups is 1. The van der Waals surface area contributed by atoms with Gasteiger partial charge in [0.05, 0.1) is 19.1 Å². The van der Waals surface area contributed by atoms with Crippen LogP contribution in [0.4, 0.5) is 0 Å². The van der Waals surface area contributed by atoms with Crippen molar-refractivity contribution in [1.82, 2.24) is 5.32 Å². The molecule has 0 aliphatic carbocycles. The lowest BCUT2D eigenvalue weighted by Crippen LogP contribution is -3.05. The molecule has 2 N–H and O–H groups in total. The molecule has 0 radical (unpaired) electrons. The Kier molecular flexibility index (Phi) is 2.88. The first-order chi connectivity index (χ1) is 5.22. The summed E-state index contributed by atoms with van der Waals surface area (Å²) in [5.74, 6) is 0.157. The Morgan fingerprint density at radius 2 is 2.55 bits per heavy atom. The Hall–Kier alpha value is -0.570. The Bertz CT molecular complexity index is 147. The van der Waals surface area contributed by atoms with Crippen molar-refractivity contribution >= 4 is 5.91 Å². The van der Waals surface area contributed by atoms with Gasteiger partial charge in [-0.1, -0.05) is 6.92 Å². The van der Waals surface area contributed by atoms with Crippen LogP contribution in [-0.2, 0) is 4.79 Å². The van der Waals surface area contributed by atoms with Gasteiger partial charge in [-0.3, -0.25) is 4.79 Å². The molecule has 1 fully saturated rings. The van der Waals surface area contributed by atoms with Crippen LogP contribution in [0.3, 0.4) is 0 Å². The van der Waals surface area contributed by atoms with Crippen LogP contribution in [0.25, 0.3) is 0 Å². The molecule has 1 heterocycles. The largest absolute Gasteiger partial charge is 0.466 e. The molecule has 1 rings (SSSR count). The minimum atomic E-state index is 0.157. The van der Waals surface area contributed by atoms with E-state index in [2.05, 4.69) is 12.4 Å². The minimum Gasteiger partial charge on any atom is -0.466 e. The normalized spacial score (nSPS) is 30.4. The zero-order valence-electron chi connectivity index (χ0n) is 7.02. The number of rotatable bonds is 2. The third-order valence-electron chi connectivity index (χ3n) is 2.07. The van der Waals surface area contributed by atoms with Crippen molar-refractivity contribution in [3.8, 4) is 0 Å². The molecule has 0 bridgehead atoms. The molecule has 0 spiro atoms. The van der Waals surface area contributed by atoms with Crippen LogP contribution >= 0.6 is 0 Å². The quantitative estimate of drug-likeness (QED) is 0.492. The summed E-state index contributed by atoms with van der Waals surface area (Å²) in [5, 5.41) is 2.96. The van der Waals surface area contributed by atoms with E-state index in [0.29, 0.717) is 12.5 Å². The lowest BCUT2D eigenvalue weighted by Gasteiger charge is -2.13. The summed E-state index contributed by atoms with van der Waals surface area (Å²) in [6.07, 6.45) is 1.66. The Morgan fingerprint density at radius 1 is 1.82 bits per heavy atom. The first kappa shape index (κ1) is 8.53. The summed E-state index contributed by atoms with van der Waals surface area (Å²) >= 11 is 0. The molecule has 1 unspecified atom stereocenters. The summed E-state index contributed by atoms with van der Waals surface area (Å²) in [6.45, 7) is 3.93. The van der Waals surface area contributed by atoms with E-state index in [1.165, 1.54) is 4.90 Å². The highest BCUT2D eigenvalue weighted by molar-refractivity contribution is 5.75. The SMILES string of the molecule is [CH2-][NH+]1CC[C@@H](NC(=O)CC)C1. The first-order valence-corrected chi connectivity index (χ1v) is 4.18. The van der Waals surface area contributed by atoms with E-state index in [-0.39, 0.29) is 5.91 Å². The third-order valence-corrected chi connectivity index (χ3v) is 2.07. The maximum Gasteiger partial charge on any atom is 0.220 e. The molecule has 64 valence electrons. The summed E-state index contributed by atoms with van der Waals surface area (Å²) < 4.78 is 0. The number of amides is 1. The molecule has 1 aliphatic rings.